The summed E-state index contributed by atoms with van der Waals surface area (Å²) in [5.41, 5.74) is 1.48. The monoisotopic (exact) mass is 381 g/mol. The van der Waals surface area contributed by atoms with Gasteiger partial charge in [0, 0.05) is 18.7 Å². The lowest BCUT2D eigenvalue weighted by atomic mass is 10.2. The highest BCUT2D eigenvalue weighted by atomic mass is 35.5. The SMILES string of the molecule is CCOc1cc(Cl)c(Cl)cc1-c1nc(-c2ccccc2Cl)nn1C. The minimum Gasteiger partial charge on any atom is -0.493 e. The lowest BCUT2D eigenvalue weighted by molar-refractivity contribution is 0.341. The molecule has 2 aromatic carbocycles. The third-order valence-corrected chi connectivity index (χ3v) is 4.49. The first-order valence-corrected chi connectivity index (χ1v) is 8.42. The minimum atomic E-state index is 0.428. The lowest BCUT2D eigenvalue weighted by Gasteiger charge is -2.11. The standard InChI is InChI=1S/C17H14Cl3N3O/c1-3-24-15-9-14(20)13(19)8-11(15)17-21-16(22-23(17)2)10-6-4-5-7-12(10)18/h4-9H,3H2,1-2H3. The zero-order valence-corrected chi connectivity index (χ0v) is 15.3. The quantitative estimate of drug-likeness (QED) is 0.597. The fraction of sp³-hybridized carbons (Fsp3) is 0.176. The Morgan fingerprint density at radius 3 is 2.42 bits per heavy atom. The summed E-state index contributed by atoms with van der Waals surface area (Å²) in [5.74, 6) is 1.76. The highest BCUT2D eigenvalue weighted by Crippen LogP contribution is 2.37. The highest BCUT2D eigenvalue weighted by molar-refractivity contribution is 6.42. The summed E-state index contributed by atoms with van der Waals surface area (Å²) in [4.78, 5) is 4.61. The van der Waals surface area contributed by atoms with Gasteiger partial charge in [-0.05, 0) is 25.1 Å². The summed E-state index contributed by atoms with van der Waals surface area (Å²) in [6.45, 7) is 2.40. The van der Waals surface area contributed by atoms with E-state index in [-0.39, 0.29) is 0 Å². The Morgan fingerprint density at radius 2 is 1.71 bits per heavy atom. The van der Waals surface area contributed by atoms with E-state index in [0.29, 0.717) is 39.1 Å². The van der Waals surface area contributed by atoms with Gasteiger partial charge in [0.05, 0.1) is 27.2 Å². The van der Waals surface area contributed by atoms with Crippen LogP contribution in [-0.4, -0.2) is 21.4 Å². The number of nitrogens with zero attached hydrogens (tertiary/aromatic N) is 3. The van der Waals surface area contributed by atoms with Crippen LogP contribution >= 0.6 is 34.8 Å². The van der Waals surface area contributed by atoms with Gasteiger partial charge in [0.2, 0.25) is 0 Å². The molecular weight excluding hydrogens is 369 g/mol. The summed E-state index contributed by atoms with van der Waals surface area (Å²) in [7, 11) is 1.81. The van der Waals surface area contributed by atoms with Gasteiger partial charge in [-0.25, -0.2) is 9.67 Å². The molecule has 0 saturated carbocycles. The molecule has 0 amide bonds. The molecule has 124 valence electrons. The van der Waals surface area contributed by atoms with Crippen molar-refractivity contribution in [3.8, 4) is 28.5 Å². The summed E-state index contributed by atoms with van der Waals surface area (Å²) in [6.07, 6.45) is 0. The van der Waals surface area contributed by atoms with Crippen LogP contribution in [0.3, 0.4) is 0 Å². The molecule has 0 N–H and O–H groups in total. The van der Waals surface area contributed by atoms with E-state index in [1.165, 1.54) is 0 Å². The van der Waals surface area contributed by atoms with Gasteiger partial charge in [-0.2, -0.15) is 5.10 Å². The number of ether oxygens (including phenoxy) is 1. The Labute approximate surface area is 154 Å². The van der Waals surface area contributed by atoms with E-state index in [4.69, 9.17) is 39.5 Å². The number of aromatic nitrogens is 3. The second-order valence-electron chi connectivity index (χ2n) is 5.06. The van der Waals surface area contributed by atoms with E-state index in [9.17, 15) is 0 Å². The molecule has 0 atom stereocenters. The van der Waals surface area contributed by atoms with Crippen molar-refractivity contribution in [3.63, 3.8) is 0 Å². The van der Waals surface area contributed by atoms with Crippen molar-refractivity contribution in [2.24, 2.45) is 7.05 Å². The van der Waals surface area contributed by atoms with E-state index >= 15 is 0 Å². The van der Waals surface area contributed by atoms with Crippen molar-refractivity contribution in [3.05, 3.63) is 51.5 Å². The van der Waals surface area contributed by atoms with Crippen LogP contribution in [0.5, 0.6) is 5.75 Å². The lowest BCUT2D eigenvalue weighted by Crippen LogP contribution is -1.99. The normalized spacial score (nSPS) is 10.9. The Hall–Kier alpha value is -1.75. The van der Waals surface area contributed by atoms with Gasteiger partial charge in [-0.15, -0.1) is 0 Å². The van der Waals surface area contributed by atoms with Crippen molar-refractivity contribution in [2.75, 3.05) is 6.61 Å². The Kier molecular flexibility index (Phi) is 4.99. The molecule has 0 spiro atoms. The zero-order chi connectivity index (χ0) is 17.3. The summed E-state index contributed by atoms with van der Waals surface area (Å²) in [6, 6.07) is 10.9. The zero-order valence-electron chi connectivity index (χ0n) is 13.1. The molecule has 3 aromatic rings. The minimum absolute atomic E-state index is 0.428. The van der Waals surface area contributed by atoms with E-state index in [2.05, 4.69) is 10.1 Å². The first kappa shape index (κ1) is 17.1. The molecule has 24 heavy (non-hydrogen) atoms. The molecule has 0 unspecified atom stereocenters. The van der Waals surface area contributed by atoms with Crippen LogP contribution in [-0.2, 0) is 7.05 Å². The fourth-order valence-electron chi connectivity index (χ4n) is 2.35. The highest BCUT2D eigenvalue weighted by Gasteiger charge is 2.18. The molecule has 0 bridgehead atoms. The number of rotatable bonds is 4. The van der Waals surface area contributed by atoms with Crippen LogP contribution in [0.15, 0.2) is 36.4 Å². The molecule has 7 heteroatoms. The van der Waals surface area contributed by atoms with E-state index in [1.54, 1.807) is 29.9 Å². The van der Waals surface area contributed by atoms with Gasteiger partial charge in [-0.1, -0.05) is 46.9 Å². The molecule has 0 fully saturated rings. The Morgan fingerprint density at radius 1 is 1.00 bits per heavy atom. The van der Waals surface area contributed by atoms with Crippen molar-refractivity contribution < 1.29 is 4.74 Å². The van der Waals surface area contributed by atoms with E-state index in [0.717, 1.165) is 11.1 Å². The molecule has 3 rings (SSSR count). The molecule has 1 heterocycles. The molecule has 0 saturated heterocycles. The Balaban J connectivity index is 2.15. The molecule has 0 aliphatic rings. The van der Waals surface area contributed by atoms with E-state index in [1.807, 2.05) is 25.1 Å². The summed E-state index contributed by atoms with van der Waals surface area (Å²) in [5, 5.41) is 5.91. The second kappa shape index (κ2) is 7.01. The average Bonchev–Trinajstić information content (AvgIpc) is 2.93. The molecule has 1 aromatic heterocycles. The van der Waals surface area contributed by atoms with Crippen molar-refractivity contribution >= 4 is 34.8 Å². The van der Waals surface area contributed by atoms with Crippen LogP contribution in [0.25, 0.3) is 22.8 Å². The maximum Gasteiger partial charge on any atom is 0.183 e. The van der Waals surface area contributed by atoms with Gasteiger partial charge in [0.15, 0.2) is 11.6 Å². The number of halogens is 3. The van der Waals surface area contributed by atoms with Gasteiger partial charge < -0.3 is 4.74 Å². The van der Waals surface area contributed by atoms with Crippen LogP contribution in [0.2, 0.25) is 15.1 Å². The van der Waals surface area contributed by atoms with Crippen LogP contribution in [0.1, 0.15) is 6.92 Å². The second-order valence-corrected chi connectivity index (χ2v) is 6.28. The number of hydrogen-bond acceptors (Lipinski definition) is 3. The number of benzene rings is 2. The fourth-order valence-corrected chi connectivity index (χ4v) is 2.89. The summed E-state index contributed by atoms with van der Waals surface area (Å²) >= 11 is 18.5. The third kappa shape index (κ3) is 3.22. The van der Waals surface area contributed by atoms with Gasteiger partial charge in [0.1, 0.15) is 5.75 Å². The van der Waals surface area contributed by atoms with Crippen LogP contribution in [0.4, 0.5) is 0 Å². The van der Waals surface area contributed by atoms with Crippen molar-refractivity contribution in [2.45, 2.75) is 6.92 Å². The molecule has 0 aliphatic heterocycles. The van der Waals surface area contributed by atoms with Gasteiger partial charge >= 0.3 is 0 Å². The van der Waals surface area contributed by atoms with Crippen molar-refractivity contribution in [1.29, 1.82) is 0 Å². The maximum atomic E-state index is 6.24. The first-order valence-electron chi connectivity index (χ1n) is 7.29. The predicted molar refractivity (Wildman–Crippen MR) is 98.1 cm³/mol. The summed E-state index contributed by atoms with van der Waals surface area (Å²) < 4.78 is 7.34. The molecule has 0 aliphatic carbocycles. The topological polar surface area (TPSA) is 39.9 Å². The maximum absolute atomic E-state index is 6.24. The van der Waals surface area contributed by atoms with E-state index < -0.39 is 0 Å². The average molecular weight is 383 g/mol. The molecule has 0 radical (unpaired) electrons. The Bertz CT molecular complexity index is 893. The number of hydrogen-bond donors (Lipinski definition) is 0. The van der Waals surface area contributed by atoms with Gasteiger partial charge in [-0.3, -0.25) is 0 Å². The van der Waals surface area contributed by atoms with Crippen LogP contribution in [0, 0.1) is 0 Å². The van der Waals surface area contributed by atoms with Crippen LogP contribution < -0.4 is 4.74 Å². The number of aryl methyl sites for hydroxylation is 1. The molecular formula is C17H14Cl3N3O. The molecule has 4 nitrogen and oxygen atoms in total. The third-order valence-electron chi connectivity index (χ3n) is 3.44. The predicted octanol–water partition coefficient (Wildman–Crippen LogP) is 5.51. The largest absolute Gasteiger partial charge is 0.493 e. The van der Waals surface area contributed by atoms with Gasteiger partial charge in [0.25, 0.3) is 0 Å². The van der Waals surface area contributed by atoms with Crippen molar-refractivity contribution in [1.82, 2.24) is 14.8 Å². The first-order chi connectivity index (χ1) is 11.5. The smallest absolute Gasteiger partial charge is 0.183 e.